The van der Waals surface area contributed by atoms with E-state index < -0.39 is 0 Å². The fraction of sp³-hybridized carbons (Fsp3) is 0.600. The smallest absolute Gasteiger partial charge is 0.226 e. The second-order valence-corrected chi connectivity index (χ2v) is 3.41. The number of hydrogen-bond donors (Lipinski definition) is 0. The van der Waals surface area contributed by atoms with Gasteiger partial charge < -0.3 is 4.90 Å². The Morgan fingerprint density at radius 1 is 1.56 bits per heavy atom. The number of amides is 1. The van der Waals surface area contributed by atoms with Crippen LogP contribution in [-0.4, -0.2) is 27.8 Å². The summed E-state index contributed by atoms with van der Waals surface area (Å²) in [6.07, 6.45) is 0.566. The highest BCUT2D eigenvalue weighted by Gasteiger charge is 2.44. The van der Waals surface area contributed by atoms with Crippen molar-refractivity contribution < 1.29 is 9.59 Å². The number of thioether (sulfide) groups is 1. The molecule has 0 aromatic heterocycles. The van der Waals surface area contributed by atoms with Crippen LogP contribution in [0, 0.1) is 0 Å². The van der Waals surface area contributed by atoms with Gasteiger partial charge in [0.15, 0.2) is 0 Å². The molecule has 0 aliphatic carbocycles. The van der Waals surface area contributed by atoms with Gasteiger partial charge in [0.2, 0.25) is 11.0 Å². The van der Waals surface area contributed by atoms with Gasteiger partial charge in [-0.3, -0.25) is 9.59 Å². The Morgan fingerprint density at radius 3 is 2.78 bits per heavy atom. The van der Waals surface area contributed by atoms with E-state index in [-0.39, 0.29) is 16.4 Å². The second-order valence-electron chi connectivity index (χ2n) is 2.17. The van der Waals surface area contributed by atoms with Gasteiger partial charge >= 0.3 is 0 Å². The fourth-order valence-electron chi connectivity index (χ4n) is 1.05. The highest BCUT2D eigenvalue weighted by Crippen LogP contribution is 2.35. The highest BCUT2D eigenvalue weighted by atomic mass is 32.2. The predicted molar refractivity (Wildman–Crippen MR) is 32.7 cm³/mol. The molecule has 0 saturated carbocycles. The Bertz CT molecular complexity index is 189. The highest BCUT2D eigenvalue weighted by molar-refractivity contribution is 8.14. The molecule has 2 aliphatic heterocycles. The van der Waals surface area contributed by atoms with Crippen molar-refractivity contribution in [2.24, 2.45) is 0 Å². The molecule has 4 heteroatoms. The van der Waals surface area contributed by atoms with Gasteiger partial charge in [-0.1, -0.05) is 11.8 Å². The van der Waals surface area contributed by atoms with Crippen molar-refractivity contribution in [2.75, 3.05) is 6.54 Å². The summed E-state index contributed by atoms with van der Waals surface area (Å²) in [5.41, 5.74) is 0. The Morgan fingerprint density at radius 2 is 2.33 bits per heavy atom. The molecule has 1 atom stereocenters. The lowest BCUT2D eigenvalue weighted by Gasteiger charge is -2.31. The molecule has 0 N–H and O–H groups in total. The van der Waals surface area contributed by atoms with Crippen molar-refractivity contribution in [1.29, 1.82) is 0 Å². The van der Waals surface area contributed by atoms with Crippen LogP contribution in [0.4, 0.5) is 0 Å². The molecule has 1 unspecified atom stereocenters. The molecule has 0 bridgehead atoms. The van der Waals surface area contributed by atoms with E-state index >= 15 is 0 Å². The fourth-order valence-corrected chi connectivity index (χ4v) is 2.11. The van der Waals surface area contributed by atoms with E-state index in [4.69, 9.17) is 0 Å². The van der Waals surface area contributed by atoms with Crippen LogP contribution in [0.3, 0.4) is 0 Å². The molecule has 3 nitrogen and oxygen atoms in total. The van der Waals surface area contributed by atoms with Crippen molar-refractivity contribution in [3.05, 3.63) is 0 Å². The summed E-state index contributed by atoms with van der Waals surface area (Å²) < 4.78 is 0. The van der Waals surface area contributed by atoms with Gasteiger partial charge in [0.1, 0.15) is 0 Å². The van der Waals surface area contributed by atoms with Crippen LogP contribution in [-0.2, 0) is 9.59 Å². The van der Waals surface area contributed by atoms with E-state index in [1.807, 2.05) is 0 Å². The van der Waals surface area contributed by atoms with Crippen molar-refractivity contribution in [3.63, 3.8) is 0 Å². The average Bonchev–Trinajstić information content (AvgIpc) is 2.08. The number of β-lactam (4-membered cyclic amide) rings is 1. The minimum atomic E-state index is 0.123. The van der Waals surface area contributed by atoms with Gasteiger partial charge in [-0.25, -0.2) is 0 Å². The largest absolute Gasteiger partial charge is 0.321 e. The van der Waals surface area contributed by atoms with Crippen molar-refractivity contribution in [3.8, 4) is 0 Å². The molecule has 2 rings (SSSR count). The molecule has 0 aromatic rings. The summed E-state index contributed by atoms with van der Waals surface area (Å²) in [7, 11) is 0. The Balaban J connectivity index is 2.16. The van der Waals surface area contributed by atoms with E-state index in [1.54, 1.807) is 4.90 Å². The standard InChI is InChI=1S/C5H5NO2S/c7-3-1-4-6(3)2-5(8)9-4/h4H,1-2H2. The maximum Gasteiger partial charge on any atom is 0.226 e. The Kier molecular flexibility index (Phi) is 0.883. The van der Waals surface area contributed by atoms with Gasteiger partial charge in [-0.15, -0.1) is 0 Å². The number of nitrogens with zero attached hydrogens (tertiary/aromatic N) is 1. The first-order valence-electron chi connectivity index (χ1n) is 2.76. The first-order chi connectivity index (χ1) is 4.27. The first kappa shape index (κ1) is 5.29. The molecule has 9 heavy (non-hydrogen) atoms. The lowest BCUT2D eigenvalue weighted by atomic mass is 10.2. The number of fused-ring (bicyclic) bond motifs is 1. The van der Waals surface area contributed by atoms with Crippen LogP contribution >= 0.6 is 11.8 Å². The van der Waals surface area contributed by atoms with E-state index in [1.165, 1.54) is 11.8 Å². The van der Waals surface area contributed by atoms with E-state index in [0.717, 1.165) is 0 Å². The lowest BCUT2D eigenvalue weighted by molar-refractivity contribution is -0.141. The summed E-state index contributed by atoms with van der Waals surface area (Å²) in [5.74, 6) is 0.123. The Hall–Kier alpha value is -0.510. The molecule has 1 amide bonds. The van der Waals surface area contributed by atoms with Crippen molar-refractivity contribution >= 4 is 22.8 Å². The maximum absolute atomic E-state index is 10.6. The molecule has 0 spiro atoms. The summed E-state index contributed by atoms with van der Waals surface area (Å²) in [5, 5.41) is 0.329. The van der Waals surface area contributed by atoms with Gasteiger partial charge in [-0.05, 0) is 0 Å². The third-order valence-corrected chi connectivity index (χ3v) is 2.67. The molecule has 2 saturated heterocycles. The normalized spacial score (nSPS) is 32.4. The molecule has 2 heterocycles. The molecule has 48 valence electrons. The lowest BCUT2D eigenvalue weighted by Crippen LogP contribution is -2.47. The third kappa shape index (κ3) is 0.594. The molecule has 0 aromatic carbocycles. The zero-order chi connectivity index (χ0) is 6.43. The summed E-state index contributed by atoms with van der Waals surface area (Å²) in [4.78, 5) is 22.9. The van der Waals surface area contributed by atoms with E-state index in [2.05, 4.69) is 0 Å². The molecular formula is C5H5NO2S. The number of carbonyl (C=O) groups excluding carboxylic acids is 2. The van der Waals surface area contributed by atoms with Crippen LogP contribution < -0.4 is 0 Å². The topological polar surface area (TPSA) is 37.4 Å². The zero-order valence-electron chi connectivity index (χ0n) is 4.66. The third-order valence-electron chi connectivity index (χ3n) is 1.58. The molecule has 2 fully saturated rings. The molecule has 2 aliphatic rings. The molecular weight excluding hydrogens is 138 g/mol. The van der Waals surface area contributed by atoms with Gasteiger partial charge in [0, 0.05) is 0 Å². The van der Waals surface area contributed by atoms with Crippen LogP contribution in [0.5, 0.6) is 0 Å². The van der Waals surface area contributed by atoms with Crippen molar-refractivity contribution in [1.82, 2.24) is 4.90 Å². The van der Waals surface area contributed by atoms with Crippen LogP contribution in [0.25, 0.3) is 0 Å². The average molecular weight is 143 g/mol. The zero-order valence-corrected chi connectivity index (χ0v) is 5.48. The first-order valence-corrected chi connectivity index (χ1v) is 3.64. The van der Waals surface area contributed by atoms with Crippen LogP contribution in [0.1, 0.15) is 6.42 Å². The second kappa shape index (κ2) is 1.50. The summed E-state index contributed by atoms with van der Waals surface area (Å²) in [6.45, 7) is 0.341. The van der Waals surface area contributed by atoms with Crippen molar-refractivity contribution in [2.45, 2.75) is 11.8 Å². The van der Waals surface area contributed by atoms with Gasteiger partial charge in [0.25, 0.3) is 0 Å². The quantitative estimate of drug-likeness (QED) is 0.441. The monoisotopic (exact) mass is 143 g/mol. The summed E-state index contributed by atoms with van der Waals surface area (Å²) in [6, 6.07) is 0. The van der Waals surface area contributed by atoms with Gasteiger partial charge in [0.05, 0.1) is 18.3 Å². The van der Waals surface area contributed by atoms with E-state index in [9.17, 15) is 9.59 Å². The van der Waals surface area contributed by atoms with Crippen LogP contribution in [0.2, 0.25) is 0 Å². The van der Waals surface area contributed by atoms with Gasteiger partial charge in [-0.2, -0.15) is 0 Å². The maximum atomic E-state index is 10.6. The number of rotatable bonds is 0. The van der Waals surface area contributed by atoms with E-state index in [0.29, 0.717) is 13.0 Å². The van der Waals surface area contributed by atoms with Crippen LogP contribution in [0.15, 0.2) is 0 Å². The summed E-state index contributed by atoms with van der Waals surface area (Å²) >= 11 is 1.29. The minimum absolute atomic E-state index is 0.123. The Labute approximate surface area is 56.4 Å². The minimum Gasteiger partial charge on any atom is -0.321 e. The number of hydrogen-bond acceptors (Lipinski definition) is 3. The predicted octanol–water partition coefficient (Wildman–Crippen LogP) is -0.182. The SMILES string of the molecule is O=C1CN2C(=O)CC2S1. The number of carbonyl (C=O) groups is 2. The molecule has 0 radical (unpaired) electrons.